The van der Waals surface area contributed by atoms with Crippen LogP contribution >= 0.6 is 15.9 Å². The summed E-state index contributed by atoms with van der Waals surface area (Å²) < 4.78 is 15.3. The predicted molar refractivity (Wildman–Crippen MR) is 84.4 cm³/mol. The van der Waals surface area contributed by atoms with Crippen molar-refractivity contribution in [1.29, 1.82) is 0 Å². The highest BCUT2D eigenvalue weighted by Gasteiger charge is 2.25. The Balaban J connectivity index is 1.58. The van der Waals surface area contributed by atoms with Gasteiger partial charge in [-0.25, -0.2) is 9.07 Å². The summed E-state index contributed by atoms with van der Waals surface area (Å²) in [6, 6.07) is 4.09. The average Bonchev–Trinajstić information content (AvgIpc) is 3.06. The smallest absolute Gasteiger partial charge is 0.254 e. The number of carbonyl (C=O) groups excluding carboxylic acids is 2. The van der Waals surface area contributed by atoms with Gasteiger partial charge in [-0.05, 0) is 28.6 Å². The quantitative estimate of drug-likeness (QED) is 0.756. The van der Waals surface area contributed by atoms with E-state index < -0.39 is 5.82 Å². The second kappa shape index (κ2) is 7.04. The van der Waals surface area contributed by atoms with Gasteiger partial charge >= 0.3 is 0 Å². The number of benzene rings is 1. The Morgan fingerprint density at radius 2 is 1.83 bits per heavy atom. The molecule has 0 saturated carbocycles. The number of carbonyl (C=O) groups is 2. The topological polar surface area (TPSA) is 84.2 Å². The zero-order valence-electron chi connectivity index (χ0n) is 12.6. The first kappa shape index (κ1) is 16.5. The van der Waals surface area contributed by atoms with Crippen LogP contribution in [-0.4, -0.2) is 68.0 Å². The highest BCUT2D eigenvalue weighted by atomic mass is 79.9. The first-order valence-corrected chi connectivity index (χ1v) is 8.06. The molecule has 8 nitrogen and oxygen atoms in total. The molecule has 0 bridgehead atoms. The summed E-state index contributed by atoms with van der Waals surface area (Å²) in [6.07, 6.45) is 1.37. The Kier molecular flexibility index (Phi) is 4.84. The third-order valence-corrected chi connectivity index (χ3v) is 4.18. The molecule has 0 unspecified atom stereocenters. The molecular weight excluding hydrogens is 383 g/mol. The molecular formula is C14H14BrFN6O2. The monoisotopic (exact) mass is 396 g/mol. The van der Waals surface area contributed by atoms with Crippen molar-refractivity contribution in [2.45, 2.75) is 6.54 Å². The molecule has 0 radical (unpaired) electrons. The molecule has 2 amide bonds. The molecule has 1 aliphatic rings. The number of amides is 2. The fourth-order valence-electron chi connectivity index (χ4n) is 2.51. The number of halogens is 2. The lowest BCUT2D eigenvalue weighted by Crippen LogP contribution is -2.51. The zero-order valence-corrected chi connectivity index (χ0v) is 14.2. The second-order valence-electron chi connectivity index (χ2n) is 5.34. The molecule has 126 valence electrons. The SMILES string of the molecule is O=C(Cn1cnnn1)N1CCN(C(=O)c2cc(F)cc(Br)c2)CC1. The van der Waals surface area contributed by atoms with Gasteiger partial charge in [0.2, 0.25) is 5.91 Å². The van der Waals surface area contributed by atoms with E-state index >= 15 is 0 Å². The van der Waals surface area contributed by atoms with Gasteiger partial charge in [-0.2, -0.15) is 0 Å². The Hall–Kier alpha value is -2.36. The maximum absolute atomic E-state index is 13.4. The van der Waals surface area contributed by atoms with E-state index in [4.69, 9.17) is 0 Å². The standard InChI is InChI=1S/C14H14BrFN6O2/c15-11-5-10(6-12(16)7-11)14(24)21-3-1-20(2-4-21)13(23)8-22-9-17-18-19-22/h5-7,9H,1-4,8H2. The minimum atomic E-state index is -0.469. The van der Waals surface area contributed by atoms with Crippen molar-refractivity contribution in [3.05, 3.63) is 40.4 Å². The zero-order chi connectivity index (χ0) is 17.1. The van der Waals surface area contributed by atoms with Gasteiger partial charge in [-0.15, -0.1) is 5.10 Å². The second-order valence-corrected chi connectivity index (χ2v) is 6.25. The predicted octanol–water partition coefficient (Wildman–Crippen LogP) is 0.559. The maximum Gasteiger partial charge on any atom is 0.254 e. The molecule has 1 aromatic carbocycles. The van der Waals surface area contributed by atoms with E-state index in [1.807, 2.05) is 0 Å². The van der Waals surface area contributed by atoms with Crippen LogP contribution in [0.1, 0.15) is 10.4 Å². The van der Waals surface area contributed by atoms with Crippen molar-refractivity contribution in [2.75, 3.05) is 26.2 Å². The molecule has 0 aliphatic carbocycles. The van der Waals surface area contributed by atoms with Gasteiger partial charge in [0.1, 0.15) is 18.7 Å². The first-order chi connectivity index (χ1) is 11.5. The fraction of sp³-hybridized carbons (Fsp3) is 0.357. The average molecular weight is 397 g/mol. The maximum atomic E-state index is 13.4. The van der Waals surface area contributed by atoms with Gasteiger partial charge in [-0.1, -0.05) is 15.9 Å². The van der Waals surface area contributed by atoms with Gasteiger partial charge in [0.05, 0.1) is 0 Å². The van der Waals surface area contributed by atoms with Crippen LogP contribution in [0.4, 0.5) is 4.39 Å². The number of piperazine rings is 1. The van der Waals surface area contributed by atoms with Crippen LogP contribution in [0, 0.1) is 5.82 Å². The Morgan fingerprint density at radius 3 is 2.46 bits per heavy atom. The number of rotatable bonds is 3. The first-order valence-electron chi connectivity index (χ1n) is 7.27. The van der Waals surface area contributed by atoms with Gasteiger partial charge in [-0.3, -0.25) is 9.59 Å². The van der Waals surface area contributed by atoms with Crippen LogP contribution in [0.15, 0.2) is 29.0 Å². The van der Waals surface area contributed by atoms with Gasteiger partial charge in [0.15, 0.2) is 0 Å². The van der Waals surface area contributed by atoms with Crippen molar-refractivity contribution in [3.8, 4) is 0 Å². The number of hydrogen-bond donors (Lipinski definition) is 0. The lowest BCUT2D eigenvalue weighted by atomic mass is 10.1. The molecule has 1 aliphatic heterocycles. The van der Waals surface area contributed by atoms with Gasteiger partial charge in [0, 0.05) is 36.2 Å². The number of nitrogens with zero attached hydrogens (tertiary/aromatic N) is 6. The summed E-state index contributed by atoms with van der Waals surface area (Å²) in [5, 5.41) is 10.6. The molecule has 1 saturated heterocycles. The summed E-state index contributed by atoms with van der Waals surface area (Å²) in [5.41, 5.74) is 0.287. The van der Waals surface area contributed by atoms with E-state index in [2.05, 4.69) is 31.5 Å². The van der Waals surface area contributed by atoms with Crippen molar-refractivity contribution < 1.29 is 14.0 Å². The minimum absolute atomic E-state index is 0.0673. The van der Waals surface area contributed by atoms with Gasteiger partial charge < -0.3 is 9.80 Å². The van der Waals surface area contributed by atoms with Crippen LogP contribution in [-0.2, 0) is 11.3 Å². The molecule has 3 rings (SSSR count). The summed E-state index contributed by atoms with van der Waals surface area (Å²) in [4.78, 5) is 27.9. The van der Waals surface area contributed by atoms with Gasteiger partial charge in [0.25, 0.3) is 5.91 Å². The number of tetrazole rings is 1. The molecule has 10 heteroatoms. The van der Waals surface area contributed by atoms with E-state index in [1.165, 1.54) is 23.1 Å². The van der Waals surface area contributed by atoms with E-state index in [0.29, 0.717) is 30.7 Å². The van der Waals surface area contributed by atoms with Crippen LogP contribution in [0.25, 0.3) is 0 Å². The summed E-state index contributed by atoms with van der Waals surface area (Å²) in [5.74, 6) is -0.825. The fourth-order valence-corrected chi connectivity index (χ4v) is 2.98. The van der Waals surface area contributed by atoms with E-state index in [0.717, 1.165) is 0 Å². The lowest BCUT2D eigenvalue weighted by molar-refractivity contribution is -0.133. The largest absolute Gasteiger partial charge is 0.338 e. The third kappa shape index (κ3) is 3.75. The van der Waals surface area contributed by atoms with E-state index in [1.54, 1.807) is 15.9 Å². The Morgan fingerprint density at radius 1 is 1.12 bits per heavy atom. The molecule has 0 N–H and O–H groups in total. The molecule has 1 fully saturated rings. The molecule has 0 spiro atoms. The van der Waals surface area contributed by atoms with Crippen molar-refractivity contribution >= 4 is 27.7 Å². The van der Waals surface area contributed by atoms with Crippen molar-refractivity contribution in [1.82, 2.24) is 30.0 Å². The Bertz CT molecular complexity index is 725. The van der Waals surface area contributed by atoms with E-state index in [-0.39, 0.29) is 23.9 Å². The summed E-state index contributed by atoms with van der Waals surface area (Å²) >= 11 is 3.18. The normalized spacial score (nSPS) is 14.8. The Labute approximate surface area is 145 Å². The number of aromatic nitrogens is 4. The minimum Gasteiger partial charge on any atom is -0.338 e. The van der Waals surface area contributed by atoms with E-state index in [9.17, 15) is 14.0 Å². The van der Waals surface area contributed by atoms with Crippen LogP contribution in [0.2, 0.25) is 0 Å². The van der Waals surface area contributed by atoms with Crippen LogP contribution in [0.3, 0.4) is 0 Å². The highest BCUT2D eigenvalue weighted by Crippen LogP contribution is 2.17. The summed E-state index contributed by atoms with van der Waals surface area (Å²) in [6.45, 7) is 1.70. The third-order valence-electron chi connectivity index (χ3n) is 3.72. The molecule has 0 atom stereocenters. The highest BCUT2D eigenvalue weighted by molar-refractivity contribution is 9.10. The molecule has 1 aromatic heterocycles. The molecule has 2 aromatic rings. The molecule has 24 heavy (non-hydrogen) atoms. The van der Waals surface area contributed by atoms with Crippen LogP contribution in [0.5, 0.6) is 0 Å². The molecule has 2 heterocycles. The lowest BCUT2D eigenvalue weighted by Gasteiger charge is -2.34. The number of hydrogen-bond acceptors (Lipinski definition) is 5. The summed E-state index contributed by atoms with van der Waals surface area (Å²) in [7, 11) is 0. The van der Waals surface area contributed by atoms with Crippen LogP contribution < -0.4 is 0 Å². The van der Waals surface area contributed by atoms with Crippen molar-refractivity contribution in [2.24, 2.45) is 0 Å². The van der Waals surface area contributed by atoms with Crippen molar-refractivity contribution in [3.63, 3.8) is 0 Å².